The van der Waals surface area contributed by atoms with Crippen LogP contribution in [0, 0.1) is 5.82 Å². The van der Waals surface area contributed by atoms with Crippen LogP contribution in [0.3, 0.4) is 0 Å². The molecule has 0 atom stereocenters. The maximum Gasteiger partial charge on any atom is 0.261 e. The molecule has 2 aliphatic rings. The van der Waals surface area contributed by atoms with Crippen molar-refractivity contribution in [2.45, 2.75) is 26.0 Å². The summed E-state index contributed by atoms with van der Waals surface area (Å²) in [6.45, 7) is 5.72. The minimum absolute atomic E-state index is 0.0790. The molecule has 8 nitrogen and oxygen atoms in total. The van der Waals surface area contributed by atoms with Crippen LogP contribution >= 0.6 is 0 Å². The second-order valence-corrected chi connectivity index (χ2v) is 10.4. The Labute approximate surface area is 237 Å². The first kappa shape index (κ1) is 27.0. The number of halogens is 1. The molecule has 1 saturated heterocycles. The SMILES string of the molecule is O=c1c2cc(F)c(NCCCN3CCOCC3)cc2nc2n1CC/C2=C\c1ccc(OCc2ccccc2)cc1O. The maximum atomic E-state index is 14.9. The number of nitrogens with zero attached hydrogens (tertiary/aromatic N) is 3. The summed E-state index contributed by atoms with van der Waals surface area (Å²) in [5.74, 6) is 0.718. The van der Waals surface area contributed by atoms with Gasteiger partial charge >= 0.3 is 0 Å². The molecule has 0 aliphatic carbocycles. The van der Waals surface area contributed by atoms with Crippen LogP contribution in [0.4, 0.5) is 10.1 Å². The van der Waals surface area contributed by atoms with E-state index in [9.17, 15) is 14.3 Å². The van der Waals surface area contributed by atoms with Crippen LogP contribution in [0.1, 0.15) is 29.8 Å². The van der Waals surface area contributed by atoms with E-state index in [4.69, 9.17) is 14.5 Å². The standard InChI is InChI=1S/C32H33FN4O4/c33-27-19-26-28(20-29(27)34-10-4-11-36-13-15-40-16-14-36)35-31-24(9-12-37(31)32(26)39)17-23-7-8-25(18-30(23)38)41-21-22-5-2-1-3-6-22/h1-3,5-8,17-20,34,38H,4,9-16,21H2/b24-17+. The fourth-order valence-corrected chi connectivity index (χ4v) is 5.32. The van der Waals surface area contributed by atoms with Crippen molar-refractivity contribution in [3.63, 3.8) is 0 Å². The van der Waals surface area contributed by atoms with Crippen molar-refractivity contribution in [3.05, 3.63) is 93.8 Å². The molecule has 0 bridgehead atoms. The number of rotatable bonds is 9. The fraction of sp³-hybridized carbons (Fsp3) is 0.312. The molecular formula is C32H33FN4O4. The van der Waals surface area contributed by atoms with Gasteiger partial charge in [0.15, 0.2) is 0 Å². The van der Waals surface area contributed by atoms with Gasteiger partial charge in [-0.15, -0.1) is 0 Å². The van der Waals surface area contributed by atoms with Gasteiger partial charge in [-0.1, -0.05) is 30.3 Å². The lowest BCUT2D eigenvalue weighted by molar-refractivity contribution is 0.0378. The first-order valence-electron chi connectivity index (χ1n) is 14.0. The van der Waals surface area contributed by atoms with Crippen LogP contribution in [-0.4, -0.2) is 59.0 Å². The van der Waals surface area contributed by atoms with E-state index in [2.05, 4.69) is 10.2 Å². The lowest BCUT2D eigenvalue weighted by Crippen LogP contribution is -2.37. The molecular weight excluding hydrogens is 523 g/mol. The second-order valence-electron chi connectivity index (χ2n) is 10.4. The Morgan fingerprint density at radius 2 is 1.90 bits per heavy atom. The number of anilines is 1. The summed E-state index contributed by atoms with van der Waals surface area (Å²) in [7, 11) is 0. The molecule has 0 unspecified atom stereocenters. The number of benzene rings is 3. The van der Waals surface area contributed by atoms with E-state index in [-0.39, 0.29) is 16.7 Å². The number of phenolic OH excluding ortho intramolecular Hbond substituents is 1. The van der Waals surface area contributed by atoms with Crippen LogP contribution in [0.2, 0.25) is 0 Å². The number of allylic oxidation sites excluding steroid dienone is 1. The predicted molar refractivity (Wildman–Crippen MR) is 158 cm³/mol. The molecule has 0 radical (unpaired) electrons. The van der Waals surface area contributed by atoms with Crippen LogP contribution in [0.5, 0.6) is 11.5 Å². The molecule has 6 rings (SSSR count). The van der Waals surface area contributed by atoms with Crippen LogP contribution in [-0.2, 0) is 17.9 Å². The highest BCUT2D eigenvalue weighted by Crippen LogP contribution is 2.32. The van der Waals surface area contributed by atoms with E-state index in [0.717, 1.165) is 50.4 Å². The van der Waals surface area contributed by atoms with Gasteiger partial charge in [-0.2, -0.15) is 0 Å². The number of ether oxygens (including phenoxy) is 2. The molecule has 2 aliphatic heterocycles. The third kappa shape index (κ3) is 6.11. The van der Waals surface area contributed by atoms with Crippen molar-refractivity contribution >= 4 is 28.2 Å². The number of aromatic hydroxyl groups is 1. The molecule has 4 aromatic rings. The number of aromatic nitrogens is 2. The van der Waals surface area contributed by atoms with Crippen LogP contribution in [0.15, 0.2) is 65.5 Å². The lowest BCUT2D eigenvalue weighted by Gasteiger charge is -2.26. The van der Waals surface area contributed by atoms with E-state index in [0.29, 0.717) is 54.5 Å². The van der Waals surface area contributed by atoms with Gasteiger partial charge in [-0.05, 0) is 60.9 Å². The Bertz CT molecular complexity index is 1630. The van der Waals surface area contributed by atoms with Crippen LogP contribution in [0.25, 0.3) is 22.6 Å². The van der Waals surface area contributed by atoms with E-state index >= 15 is 0 Å². The van der Waals surface area contributed by atoms with E-state index in [1.807, 2.05) is 42.5 Å². The minimum Gasteiger partial charge on any atom is -0.507 e. The Hall–Kier alpha value is -4.21. The minimum atomic E-state index is -0.461. The van der Waals surface area contributed by atoms with E-state index in [1.54, 1.807) is 22.8 Å². The summed E-state index contributed by atoms with van der Waals surface area (Å²) in [5, 5.41) is 14.1. The monoisotopic (exact) mass is 556 g/mol. The molecule has 0 saturated carbocycles. The van der Waals surface area contributed by atoms with Crippen molar-refractivity contribution in [2.24, 2.45) is 0 Å². The molecule has 3 aromatic carbocycles. The zero-order valence-corrected chi connectivity index (χ0v) is 22.8. The number of phenols is 1. The second kappa shape index (κ2) is 12.1. The molecule has 2 N–H and O–H groups in total. The van der Waals surface area contributed by atoms with Crippen molar-refractivity contribution in [1.29, 1.82) is 0 Å². The molecule has 3 heterocycles. The zero-order chi connectivity index (χ0) is 28.2. The number of morpholine rings is 1. The molecule has 9 heteroatoms. The van der Waals surface area contributed by atoms with Gasteiger partial charge in [-0.3, -0.25) is 14.3 Å². The maximum absolute atomic E-state index is 14.9. The van der Waals surface area contributed by atoms with Gasteiger partial charge in [0.25, 0.3) is 5.56 Å². The van der Waals surface area contributed by atoms with Gasteiger partial charge in [-0.25, -0.2) is 9.37 Å². The Kier molecular flexibility index (Phi) is 7.98. The summed E-state index contributed by atoms with van der Waals surface area (Å²) in [6, 6.07) is 17.9. The smallest absolute Gasteiger partial charge is 0.261 e. The van der Waals surface area contributed by atoms with Gasteiger partial charge in [0.2, 0.25) is 0 Å². The van der Waals surface area contributed by atoms with Gasteiger partial charge in [0, 0.05) is 37.8 Å². The first-order valence-corrected chi connectivity index (χ1v) is 14.0. The first-order chi connectivity index (χ1) is 20.0. The zero-order valence-electron chi connectivity index (χ0n) is 22.8. The molecule has 212 valence electrons. The quantitative estimate of drug-likeness (QED) is 0.284. The Morgan fingerprint density at radius 1 is 1.07 bits per heavy atom. The summed E-state index contributed by atoms with van der Waals surface area (Å²) in [5.41, 5.74) is 3.00. The predicted octanol–water partition coefficient (Wildman–Crippen LogP) is 4.90. The van der Waals surface area contributed by atoms with Crippen molar-refractivity contribution in [3.8, 4) is 11.5 Å². The van der Waals surface area contributed by atoms with Gasteiger partial charge in [0.1, 0.15) is 29.7 Å². The highest BCUT2D eigenvalue weighted by Gasteiger charge is 2.22. The summed E-state index contributed by atoms with van der Waals surface area (Å²) in [4.78, 5) is 20.4. The van der Waals surface area contributed by atoms with Gasteiger partial charge < -0.3 is 19.9 Å². The number of hydrogen-bond acceptors (Lipinski definition) is 7. The number of nitrogens with one attached hydrogen (secondary N) is 1. The molecule has 0 spiro atoms. The summed E-state index contributed by atoms with van der Waals surface area (Å²) >= 11 is 0. The number of hydrogen-bond donors (Lipinski definition) is 2. The normalized spacial score (nSPS) is 16.3. The highest BCUT2D eigenvalue weighted by molar-refractivity contribution is 5.87. The lowest BCUT2D eigenvalue weighted by atomic mass is 10.1. The number of fused-ring (bicyclic) bond motifs is 2. The molecule has 1 fully saturated rings. The molecule has 1 aromatic heterocycles. The third-order valence-electron chi connectivity index (χ3n) is 7.59. The van der Waals surface area contributed by atoms with E-state index in [1.165, 1.54) is 6.07 Å². The summed E-state index contributed by atoms with van der Waals surface area (Å²) in [6.07, 6.45) is 3.30. The Balaban J connectivity index is 1.19. The highest BCUT2D eigenvalue weighted by atomic mass is 19.1. The average Bonchev–Trinajstić information content (AvgIpc) is 3.40. The average molecular weight is 557 g/mol. The van der Waals surface area contributed by atoms with Crippen LogP contribution < -0.4 is 15.6 Å². The van der Waals surface area contributed by atoms with Gasteiger partial charge in [0.05, 0.1) is 29.8 Å². The molecule has 0 amide bonds. The fourth-order valence-electron chi connectivity index (χ4n) is 5.32. The summed E-state index contributed by atoms with van der Waals surface area (Å²) < 4.78 is 27.7. The van der Waals surface area contributed by atoms with Crippen molar-refractivity contribution in [2.75, 3.05) is 44.7 Å². The topological polar surface area (TPSA) is 88.9 Å². The van der Waals surface area contributed by atoms with Crippen molar-refractivity contribution in [1.82, 2.24) is 14.5 Å². The largest absolute Gasteiger partial charge is 0.507 e. The van der Waals surface area contributed by atoms with Crippen molar-refractivity contribution < 1.29 is 19.0 Å². The van der Waals surface area contributed by atoms with E-state index < -0.39 is 5.82 Å². The molecule has 41 heavy (non-hydrogen) atoms. The third-order valence-corrected chi connectivity index (χ3v) is 7.59. The Morgan fingerprint density at radius 3 is 2.71 bits per heavy atom.